The molecule has 0 amide bonds. The Bertz CT molecular complexity index is 597. The lowest BCUT2D eigenvalue weighted by Gasteiger charge is -2.28. The van der Waals surface area contributed by atoms with Crippen molar-refractivity contribution in [2.75, 3.05) is 6.61 Å². The number of carbonyl (C=O) groups is 1. The van der Waals surface area contributed by atoms with Gasteiger partial charge in [-0.2, -0.15) is 5.26 Å². The molecule has 1 aliphatic rings. The van der Waals surface area contributed by atoms with Gasteiger partial charge < -0.3 is 9.47 Å². The molecule has 0 atom stereocenters. The molecule has 0 aliphatic heterocycles. The fourth-order valence-corrected chi connectivity index (χ4v) is 3.91. The lowest BCUT2D eigenvalue weighted by atomic mass is 9.82. The van der Waals surface area contributed by atoms with E-state index < -0.39 is 6.16 Å². The zero-order chi connectivity index (χ0) is 20.0. The SMILES string of the molecule is CCCCCCCCCCOC(=O)OC1CCC(c2ccc(C#N)cc2)CC1. The second-order valence-electron chi connectivity index (χ2n) is 7.90. The first-order chi connectivity index (χ1) is 13.7. The fourth-order valence-electron chi connectivity index (χ4n) is 3.91. The lowest BCUT2D eigenvalue weighted by molar-refractivity contribution is 0.00863. The molecule has 0 aromatic heterocycles. The highest BCUT2D eigenvalue weighted by Crippen LogP contribution is 2.34. The van der Waals surface area contributed by atoms with Gasteiger partial charge in [-0.05, 0) is 55.7 Å². The number of ether oxygens (including phenoxy) is 2. The van der Waals surface area contributed by atoms with Crippen LogP contribution in [-0.4, -0.2) is 18.9 Å². The average molecular weight is 386 g/mol. The molecule has 0 unspecified atom stereocenters. The maximum Gasteiger partial charge on any atom is 0.508 e. The van der Waals surface area contributed by atoms with Crippen molar-refractivity contribution < 1.29 is 14.3 Å². The molecule has 0 radical (unpaired) electrons. The third-order valence-electron chi connectivity index (χ3n) is 5.67. The molecule has 4 nitrogen and oxygen atoms in total. The standard InChI is InChI=1S/C24H35NO3/c1-2-3-4-5-6-7-8-9-18-27-24(26)28-23-16-14-22(15-17-23)21-12-10-20(19-25)11-13-21/h10-13,22-23H,2-9,14-18H2,1H3. The Hall–Kier alpha value is -2.02. The molecule has 2 rings (SSSR count). The highest BCUT2D eigenvalue weighted by molar-refractivity contribution is 5.60. The Morgan fingerprint density at radius 2 is 1.57 bits per heavy atom. The van der Waals surface area contributed by atoms with Crippen LogP contribution in [0.5, 0.6) is 0 Å². The molecule has 1 aliphatic carbocycles. The van der Waals surface area contributed by atoms with Gasteiger partial charge in [-0.1, -0.05) is 64.0 Å². The van der Waals surface area contributed by atoms with Crippen LogP contribution in [0.2, 0.25) is 0 Å². The third-order valence-corrected chi connectivity index (χ3v) is 5.67. The van der Waals surface area contributed by atoms with Crippen LogP contribution < -0.4 is 0 Å². The van der Waals surface area contributed by atoms with Gasteiger partial charge in [0.25, 0.3) is 0 Å². The molecule has 1 aromatic carbocycles. The van der Waals surface area contributed by atoms with Gasteiger partial charge in [-0.15, -0.1) is 0 Å². The minimum atomic E-state index is -0.509. The first-order valence-electron chi connectivity index (χ1n) is 11.1. The summed E-state index contributed by atoms with van der Waals surface area (Å²) in [4.78, 5) is 11.9. The van der Waals surface area contributed by atoms with Crippen LogP contribution in [0.15, 0.2) is 24.3 Å². The zero-order valence-corrected chi connectivity index (χ0v) is 17.3. The highest BCUT2D eigenvalue weighted by atomic mass is 16.7. The first-order valence-corrected chi connectivity index (χ1v) is 11.1. The van der Waals surface area contributed by atoms with Crippen LogP contribution in [0.25, 0.3) is 0 Å². The van der Waals surface area contributed by atoms with Gasteiger partial charge in [0.2, 0.25) is 0 Å². The lowest BCUT2D eigenvalue weighted by Crippen LogP contribution is -2.24. The summed E-state index contributed by atoms with van der Waals surface area (Å²) in [5.41, 5.74) is 1.97. The van der Waals surface area contributed by atoms with E-state index in [1.165, 1.54) is 44.1 Å². The van der Waals surface area contributed by atoms with Gasteiger partial charge >= 0.3 is 6.16 Å². The van der Waals surface area contributed by atoms with Gasteiger partial charge in [0.1, 0.15) is 6.10 Å². The van der Waals surface area contributed by atoms with E-state index in [1.807, 2.05) is 24.3 Å². The summed E-state index contributed by atoms with van der Waals surface area (Å²) in [6.45, 7) is 2.70. The molecule has 28 heavy (non-hydrogen) atoms. The van der Waals surface area contributed by atoms with E-state index in [4.69, 9.17) is 14.7 Å². The van der Waals surface area contributed by atoms with Gasteiger partial charge in [-0.3, -0.25) is 0 Å². The predicted molar refractivity (Wildman–Crippen MR) is 111 cm³/mol. The van der Waals surface area contributed by atoms with Crippen molar-refractivity contribution in [3.05, 3.63) is 35.4 Å². The van der Waals surface area contributed by atoms with Crippen LogP contribution in [0.4, 0.5) is 4.79 Å². The van der Waals surface area contributed by atoms with E-state index >= 15 is 0 Å². The normalized spacial score (nSPS) is 19.0. The Kier molecular flexibility index (Phi) is 10.5. The molecular weight excluding hydrogens is 350 g/mol. The molecule has 0 heterocycles. The summed E-state index contributed by atoms with van der Waals surface area (Å²) in [5, 5.41) is 8.89. The quantitative estimate of drug-likeness (QED) is 0.308. The van der Waals surface area contributed by atoms with Gasteiger partial charge in [0, 0.05) is 0 Å². The van der Waals surface area contributed by atoms with Crippen molar-refractivity contribution in [1.82, 2.24) is 0 Å². The molecule has 0 bridgehead atoms. The van der Waals surface area contributed by atoms with E-state index in [0.717, 1.165) is 38.5 Å². The summed E-state index contributed by atoms with van der Waals surface area (Å²) < 4.78 is 10.7. The Labute approximate surface area is 170 Å². The molecule has 154 valence electrons. The highest BCUT2D eigenvalue weighted by Gasteiger charge is 2.25. The second-order valence-corrected chi connectivity index (χ2v) is 7.90. The van der Waals surface area contributed by atoms with Crippen molar-refractivity contribution in [2.45, 2.75) is 96.0 Å². The minimum absolute atomic E-state index is 0.0271. The van der Waals surface area contributed by atoms with Gasteiger partial charge in [0.05, 0.1) is 18.2 Å². The fraction of sp³-hybridized carbons (Fsp3) is 0.667. The van der Waals surface area contributed by atoms with Crippen LogP contribution in [0.1, 0.15) is 101 Å². The number of carbonyl (C=O) groups excluding carboxylic acids is 1. The summed E-state index contributed by atoms with van der Waals surface area (Å²) in [7, 11) is 0. The molecule has 0 saturated heterocycles. The van der Waals surface area contributed by atoms with Crippen molar-refractivity contribution >= 4 is 6.16 Å². The molecule has 1 fully saturated rings. The minimum Gasteiger partial charge on any atom is -0.434 e. The van der Waals surface area contributed by atoms with Crippen molar-refractivity contribution in [2.24, 2.45) is 0 Å². The summed E-state index contributed by atoms with van der Waals surface area (Å²) in [6, 6.07) is 9.99. The summed E-state index contributed by atoms with van der Waals surface area (Å²) in [6.07, 6.45) is 13.0. The van der Waals surface area contributed by atoms with E-state index in [2.05, 4.69) is 13.0 Å². The van der Waals surface area contributed by atoms with Crippen molar-refractivity contribution in [1.29, 1.82) is 5.26 Å². The van der Waals surface area contributed by atoms with Gasteiger partial charge in [-0.25, -0.2) is 4.79 Å². The molecular formula is C24H35NO3. The number of rotatable bonds is 11. The molecule has 1 aromatic rings. The number of hydrogen-bond donors (Lipinski definition) is 0. The van der Waals surface area contributed by atoms with Crippen LogP contribution >= 0.6 is 0 Å². The number of nitriles is 1. The second kappa shape index (κ2) is 13.2. The van der Waals surface area contributed by atoms with E-state index in [9.17, 15) is 4.79 Å². The number of benzene rings is 1. The summed E-state index contributed by atoms with van der Waals surface area (Å²) in [5.74, 6) is 0.487. The Balaban J connectivity index is 1.52. The third kappa shape index (κ3) is 8.33. The van der Waals surface area contributed by atoms with E-state index in [1.54, 1.807) is 0 Å². The Morgan fingerprint density at radius 3 is 2.18 bits per heavy atom. The summed E-state index contributed by atoms with van der Waals surface area (Å²) >= 11 is 0. The molecule has 0 N–H and O–H groups in total. The zero-order valence-electron chi connectivity index (χ0n) is 17.3. The van der Waals surface area contributed by atoms with Gasteiger partial charge in [0.15, 0.2) is 0 Å². The molecule has 0 spiro atoms. The van der Waals surface area contributed by atoms with Crippen molar-refractivity contribution in [3.8, 4) is 6.07 Å². The maximum atomic E-state index is 11.9. The maximum absolute atomic E-state index is 11.9. The topological polar surface area (TPSA) is 59.3 Å². The average Bonchev–Trinajstić information content (AvgIpc) is 2.73. The predicted octanol–water partition coefficient (Wildman–Crippen LogP) is 6.88. The largest absolute Gasteiger partial charge is 0.508 e. The number of hydrogen-bond acceptors (Lipinski definition) is 4. The number of unbranched alkanes of at least 4 members (excludes halogenated alkanes) is 7. The number of nitrogens with zero attached hydrogens (tertiary/aromatic N) is 1. The van der Waals surface area contributed by atoms with Crippen molar-refractivity contribution in [3.63, 3.8) is 0 Å². The first kappa shape index (κ1) is 22.3. The van der Waals surface area contributed by atoms with Crippen LogP contribution in [0, 0.1) is 11.3 Å². The molecule has 1 saturated carbocycles. The Morgan fingerprint density at radius 1 is 0.964 bits per heavy atom. The smallest absolute Gasteiger partial charge is 0.434 e. The van der Waals surface area contributed by atoms with E-state index in [0.29, 0.717) is 18.1 Å². The monoisotopic (exact) mass is 385 g/mol. The van der Waals surface area contributed by atoms with Crippen LogP contribution in [0.3, 0.4) is 0 Å². The van der Waals surface area contributed by atoms with Crippen LogP contribution in [-0.2, 0) is 9.47 Å². The van der Waals surface area contributed by atoms with E-state index in [-0.39, 0.29) is 6.10 Å². The molecule has 4 heteroatoms.